The van der Waals surface area contributed by atoms with Gasteiger partial charge in [0.25, 0.3) is 5.91 Å². The largest absolute Gasteiger partial charge is 0.447 e. The molecule has 2 unspecified atom stereocenters. The van der Waals surface area contributed by atoms with E-state index in [9.17, 15) is 9.90 Å². The fourth-order valence-electron chi connectivity index (χ4n) is 3.14. The van der Waals surface area contributed by atoms with Crippen molar-refractivity contribution < 1.29 is 14.3 Å². The van der Waals surface area contributed by atoms with Crippen molar-refractivity contribution in [1.82, 2.24) is 20.1 Å². The van der Waals surface area contributed by atoms with Gasteiger partial charge in [-0.2, -0.15) is 0 Å². The minimum atomic E-state index is -0.222. The summed E-state index contributed by atoms with van der Waals surface area (Å²) in [4.78, 5) is 21.0. The molecule has 0 saturated carbocycles. The van der Waals surface area contributed by atoms with Crippen LogP contribution < -0.4 is 5.32 Å². The summed E-state index contributed by atoms with van der Waals surface area (Å²) in [5.74, 6) is 0.869. The number of rotatable bonds is 11. The van der Waals surface area contributed by atoms with Crippen LogP contribution in [0.2, 0.25) is 0 Å². The number of aliphatic hydroxyl groups excluding tert-OH is 1. The molecule has 7 heteroatoms. The van der Waals surface area contributed by atoms with Crippen LogP contribution in [0.25, 0.3) is 0 Å². The Kier molecular flexibility index (Phi) is 9.24. The lowest BCUT2D eigenvalue weighted by atomic mass is 10.1. The first-order valence-electron chi connectivity index (χ1n) is 10.4. The van der Waals surface area contributed by atoms with Gasteiger partial charge in [-0.25, -0.2) is 4.98 Å². The molecule has 2 atom stereocenters. The van der Waals surface area contributed by atoms with Crippen LogP contribution in [0.1, 0.15) is 62.8 Å². The first-order valence-corrected chi connectivity index (χ1v) is 10.4. The minimum Gasteiger partial charge on any atom is -0.447 e. The van der Waals surface area contributed by atoms with Gasteiger partial charge in [0.15, 0.2) is 5.69 Å². The summed E-state index contributed by atoms with van der Waals surface area (Å²) in [6.07, 6.45) is 5.35. The van der Waals surface area contributed by atoms with E-state index in [1.807, 2.05) is 0 Å². The molecule has 7 nitrogen and oxygen atoms in total. The van der Waals surface area contributed by atoms with E-state index in [1.165, 1.54) is 6.26 Å². The summed E-state index contributed by atoms with van der Waals surface area (Å²) in [6.45, 7) is 12.1. The van der Waals surface area contributed by atoms with Crippen molar-refractivity contribution in [2.24, 2.45) is 5.92 Å². The third-order valence-corrected chi connectivity index (χ3v) is 5.28. The number of nitrogens with one attached hydrogen (secondary N) is 1. The van der Waals surface area contributed by atoms with Crippen molar-refractivity contribution >= 4 is 5.91 Å². The molecule has 2 rings (SSSR count). The van der Waals surface area contributed by atoms with E-state index in [4.69, 9.17) is 4.42 Å². The second-order valence-electron chi connectivity index (χ2n) is 7.72. The Hall–Kier alpha value is -1.44. The van der Waals surface area contributed by atoms with Crippen LogP contribution in [-0.4, -0.2) is 71.2 Å². The quantitative estimate of drug-likeness (QED) is 0.612. The normalized spacial score (nSPS) is 18.4. The number of hydrogen-bond acceptors (Lipinski definition) is 6. The Morgan fingerprint density at radius 2 is 2.00 bits per heavy atom. The molecule has 1 saturated heterocycles. The monoisotopic (exact) mass is 380 g/mol. The molecule has 0 spiro atoms. The van der Waals surface area contributed by atoms with Crippen LogP contribution in [0.15, 0.2) is 10.7 Å². The summed E-state index contributed by atoms with van der Waals surface area (Å²) >= 11 is 0. The van der Waals surface area contributed by atoms with Gasteiger partial charge in [0, 0.05) is 39.3 Å². The summed E-state index contributed by atoms with van der Waals surface area (Å²) in [5, 5.41) is 13.0. The molecule has 27 heavy (non-hydrogen) atoms. The van der Waals surface area contributed by atoms with E-state index in [2.05, 4.69) is 40.9 Å². The van der Waals surface area contributed by atoms with Crippen molar-refractivity contribution in [2.75, 3.05) is 39.3 Å². The molecule has 1 aromatic heterocycles. The van der Waals surface area contributed by atoms with Crippen LogP contribution in [0, 0.1) is 5.92 Å². The molecule has 0 radical (unpaired) electrons. The van der Waals surface area contributed by atoms with Crippen molar-refractivity contribution in [3.8, 4) is 0 Å². The Balaban J connectivity index is 1.71. The van der Waals surface area contributed by atoms with Gasteiger partial charge in [-0.1, -0.05) is 40.0 Å². The second-order valence-corrected chi connectivity index (χ2v) is 7.72. The highest BCUT2D eigenvalue weighted by Gasteiger charge is 2.21. The number of unbranched alkanes of at least 4 members (excludes halogenated alkanes) is 1. The van der Waals surface area contributed by atoms with E-state index >= 15 is 0 Å². The fraction of sp³-hybridized carbons (Fsp3) is 0.800. The molecule has 1 fully saturated rings. The van der Waals surface area contributed by atoms with Crippen LogP contribution >= 0.6 is 0 Å². The summed E-state index contributed by atoms with van der Waals surface area (Å²) in [7, 11) is 0. The molecule has 1 aliphatic heterocycles. The Morgan fingerprint density at radius 3 is 2.67 bits per heavy atom. The number of oxazole rings is 1. The lowest BCUT2D eigenvalue weighted by Crippen LogP contribution is -2.48. The van der Waals surface area contributed by atoms with Crippen LogP contribution in [-0.2, 0) is 6.54 Å². The van der Waals surface area contributed by atoms with E-state index < -0.39 is 0 Å². The second kappa shape index (κ2) is 11.4. The number of carbonyl (C=O) groups is 1. The molecule has 2 heterocycles. The van der Waals surface area contributed by atoms with E-state index in [0.29, 0.717) is 30.6 Å². The number of hydrogen-bond donors (Lipinski definition) is 2. The van der Waals surface area contributed by atoms with Gasteiger partial charge in [0.1, 0.15) is 6.26 Å². The van der Waals surface area contributed by atoms with Gasteiger partial charge in [0.05, 0.1) is 12.6 Å². The van der Waals surface area contributed by atoms with Crippen molar-refractivity contribution in [1.29, 1.82) is 0 Å². The lowest BCUT2D eigenvalue weighted by Gasteiger charge is -2.35. The molecule has 0 bridgehead atoms. The Bertz CT molecular complexity index is 555. The Morgan fingerprint density at radius 1 is 1.30 bits per heavy atom. The number of aromatic nitrogens is 1. The molecule has 1 aromatic rings. The van der Waals surface area contributed by atoms with Crippen molar-refractivity contribution in [2.45, 2.75) is 59.1 Å². The zero-order valence-electron chi connectivity index (χ0n) is 17.1. The third kappa shape index (κ3) is 7.60. The van der Waals surface area contributed by atoms with Gasteiger partial charge >= 0.3 is 0 Å². The lowest BCUT2D eigenvalue weighted by molar-refractivity contribution is 0.0627. The van der Waals surface area contributed by atoms with Crippen LogP contribution in [0.4, 0.5) is 0 Å². The van der Waals surface area contributed by atoms with Gasteiger partial charge < -0.3 is 14.8 Å². The molecule has 1 aliphatic rings. The SMILES string of the molecule is CCCCC(O)CN1CCN(Cc2nc(C(=O)NCC(C)CC)co2)CC1. The molecule has 154 valence electrons. The maximum Gasteiger partial charge on any atom is 0.273 e. The number of nitrogens with zero attached hydrogens (tertiary/aromatic N) is 3. The number of carbonyl (C=O) groups excluding carboxylic acids is 1. The Labute approximate surface area is 163 Å². The predicted octanol–water partition coefficient (Wildman–Crippen LogP) is 2.12. The van der Waals surface area contributed by atoms with Crippen molar-refractivity contribution in [3.63, 3.8) is 0 Å². The maximum atomic E-state index is 12.1. The highest BCUT2D eigenvalue weighted by molar-refractivity contribution is 5.91. The van der Waals surface area contributed by atoms with Crippen LogP contribution in [0.3, 0.4) is 0 Å². The van der Waals surface area contributed by atoms with Gasteiger partial charge in [-0.3, -0.25) is 14.6 Å². The molecule has 2 N–H and O–H groups in total. The fourth-order valence-corrected chi connectivity index (χ4v) is 3.14. The molecule has 0 aromatic carbocycles. The van der Waals surface area contributed by atoms with Gasteiger partial charge in [-0.15, -0.1) is 0 Å². The molecular weight excluding hydrogens is 344 g/mol. The van der Waals surface area contributed by atoms with Gasteiger partial charge in [-0.05, 0) is 12.3 Å². The third-order valence-electron chi connectivity index (χ3n) is 5.28. The smallest absolute Gasteiger partial charge is 0.273 e. The number of aliphatic hydroxyl groups is 1. The first kappa shape index (κ1) is 21.9. The summed E-state index contributed by atoms with van der Waals surface area (Å²) in [5.41, 5.74) is 0.353. The van der Waals surface area contributed by atoms with E-state index in [1.54, 1.807) is 0 Å². The molecule has 0 aliphatic carbocycles. The van der Waals surface area contributed by atoms with Gasteiger partial charge in [0.2, 0.25) is 5.89 Å². The number of β-amino-alcohol motifs (C(OH)–C–C–N with tert-alkyl or cyclic N) is 1. The molecular formula is C20H36N4O3. The minimum absolute atomic E-state index is 0.170. The van der Waals surface area contributed by atoms with E-state index in [0.717, 1.165) is 58.4 Å². The van der Waals surface area contributed by atoms with Crippen molar-refractivity contribution in [3.05, 3.63) is 17.8 Å². The zero-order chi connectivity index (χ0) is 19.6. The summed E-state index contributed by atoms with van der Waals surface area (Å²) in [6, 6.07) is 0. The van der Waals surface area contributed by atoms with Crippen LogP contribution in [0.5, 0.6) is 0 Å². The first-order chi connectivity index (χ1) is 13.0. The number of amides is 1. The predicted molar refractivity (Wildman–Crippen MR) is 106 cm³/mol. The van der Waals surface area contributed by atoms with E-state index in [-0.39, 0.29) is 12.0 Å². The average Bonchev–Trinajstić information content (AvgIpc) is 3.14. The highest BCUT2D eigenvalue weighted by atomic mass is 16.3. The highest BCUT2D eigenvalue weighted by Crippen LogP contribution is 2.11. The maximum absolute atomic E-state index is 12.1. The molecule has 1 amide bonds. The zero-order valence-corrected chi connectivity index (χ0v) is 17.1. The average molecular weight is 381 g/mol. The topological polar surface area (TPSA) is 81.8 Å². The summed E-state index contributed by atoms with van der Waals surface area (Å²) < 4.78 is 5.49. The standard InChI is InChI=1S/C20H36N4O3/c1-4-6-7-17(25)13-23-8-10-24(11-9-23)14-19-22-18(15-27-19)20(26)21-12-16(3)5-2/h15-17,25H,4-14H2,1-3H3,(H,21,26). The number of piperazine rings is 1.